The minimum absolute atomic E-state index is 0.0679. The van der Waals surface area contributed by atoms with Crippen molar-refractivity contribution in [1.29, 1.82) is 0 Å². The van der Waals surface area contributed by atoms with E-state index in [0.717, 1.165) is 6.42 Å². The highest BCUT2D eigenvalue weighted by Crippen LogP contribution is 1.88. The Hall–Kier alpha value is -1.34. The summed E-state index contributed by atoms with van der Waals surface area (Å²) < 4.78 is 1.62. The zero-order valence-electron chi connectivity index (χ0n) is 7.28. The van der Waals surface area contributed by atoms with Gasteiger partial charge in [0.1, 0.15) is 6.33 Å². The van der Waals surface area contributed by atoms with Crippen LogP contribution < -0.4 is 5.73 Å². The number of hydrogen-bond acceptors (Lipinski definition) is 3. The van der Waals surface area contributed by atoms with E-state index in [0.29, 0.717) is 5.82 Å². The molecule has 0 aliphatic rings. The van der Waals surface area contributed by atoms with E-state index in [1.54, 1.807) is 11.7 Å². The zero-order valence-corrected chi connectivity index (χ0v) is 7.28. The Morgan fingerprint density at radius 2 is 2.50 bits per heavy atom. The molecule has 0 aromatic carbocycles. The molecule has 1 aromatic heterocycles. The van der Waals surface area contributed by atoms with Crippen molar-refractivity contribution in [2.24, 2.45) is 12.8 Å². The molecule has 0 fully saturated rings. The van der Waals surface area contributed by atoms with Gasteiger partial charge in [0.25, 0.3) is 0 Å². The third kappa shape index (κ3) is 2.07. The molecular formula is C8H12N4. The molecule has 1 rings (SSSR count). The Bertz CT molecular complexity index is 304. The van der Waals surface area contributed by atoms with Gasteiger partial charge in [0.15, 0.2) is 0 Å². The van der Waals surface area contributed by atoms with Gasteiger partial charge in [-0.05, 0) is 12.3 Å². The summed E-state index contributed by atoms with van der Waals surface area (Å²) in [4.78, 5) is 3.94. The van der Waals surface area contributed by atoms with Gasteiger partial charge in [0.05, 0.1) is 6.04 Å². The fourth-order valence-corrected chi connectivity index (χ4v) is 0.669. The van der Waals surface area contributed by atoms with Crippen LogP contribution in [-0.2, 0) is 7.05 Å². The molecule has 0 spiro atoms. The lowest BCUT2D eigenvalue weighted by Crippen LogP contribution is -2.15. The second-order valence-electron chi connectivity index (χ2n) is 2.49. The van der Waals surface area contributed by atoms with E-state index in [2.05, 4.69) is 21.9 Å². The minimum atomic E-state index is -0.0679. The minimum Gasteiger partial charge on any atom is -0.318 e. The monoisotopic (exact) mass is 164 g/mol. The lowest BCUT2D eigenvalue weighted by atomic mass is 10.2. The maximum atomic E-state index is 5.61. The molecule has 0 bridgehead atoms. The zero-order chi connectivity index (χ0) is 8.97. The molecule has 1 aromatic rings. The van der Waals surface area contributed by atoms with Crippen LogP contribution in [0.2, 0.25) is 0 Å². The summed E-state index contributed by atoms with van der Waals surface area (Å²) >= 11 is 0. The summed E-state index contributed by atoms with van der Waals surface area (Å²) in [5.41, 5.74) is 5.61. The van der Waals surface area contributed by atoms with Gasteiger partial charge in [-0.1, -0.05) is 12.8 Å². The maximum absolute atomic E-state index is 5.61. The smallest absolute Gasteiger partial charge is 0.203 e. The molecule has 0 saturated heterocycles. The average molecular weight is 164 g/mol. The lowest BCUT2D eigenvalue weighted by Gasteiger charge is -1.94. The van der Waals surface area contributed by atoms with Crippen LogP contribution in [-0.4, -0.2) is 20.8 Å². The van der Waals surface area contributed by atoms with Crippen LogP contribution in [0, 0.1) is 11.8 Å². The van der Waals surface area contributed by atoms with E-state index >= 15 is 0 Å². The molecule has 1 atom stereocenters. The third-order valence-corrected chi connectivity index (χ3v) is 1.52. The molecule has 0 saturated carbocycles. The van der Waals surface area contributed by atoms with Crippen molar-refractivity contribution in [3.63, 3.8) is 0 Å². The first-order chi connectivity index (χ1) is 5.74. The van der Waals surface area contributed by atoms with Gasteiger partial charge in [-0.2, -0.15) is 5.10 Å². The molecule has 1 unspecified atom stereocenters. The predicted octanol–water partition coefficient (Wildman–Crippen LogP) is -0.0961. The first-order valence-electron chi connectivity index (χ1n) is 3.85. The van der Waals surface area contributed by atoms with Crippen LogP contribution >= 0.6 is 0 Å². The molecule has 64 valence electrons. The van der Waals surface area contributed by atoms with Crippen molar-refractivity contribution >= 4 is 0 Å². The van der Waals surface area contributed by atoms with E-state index in [1.165, 1.54) is 6.33 Å². The molecule has 1 heterocycles. The summed E-state index contributed by atoms with van der Waals surface area (Å²) in [6, 6.07) is -0.0679. The maximum Gasteiger partial charge on any atom is 0.203 e. The fourth-order valence-electron chi connectivity index (χ4n) is 0.669. The number of hydrogen-bond donors (Lipinski definition) is 1. The van der Waals surface area contributed by atoms with Crippen LogP contribution in [0.25, 0.3) is 0 Å². The van der Waals surface area contributed by atoms with E-state index < -0.39 is 0 Å². The Morgan fingerprint density at radius 1 is 1.75 bits per heavy atom. The van der Waals surface area contributed by atoms with Crippen molar-refractivity contribution in [2.45, 2.75) is 19.4 Å². The van der Waals surface area contributed by atoms with Crippen LogP contribution in [0.5, 0.6) is 0 Å². The summed E-state index contributed by atoms with van der Waals surface area (Å²) in [5, 5.41) is 3.88. The van der Waals surface area contributed by atoms with Crippen LogP contribution in [0.15, 0.2) is 6.33 Å². The molecule has 4 nitrogen and oxygen atoms in total. The summed E-state index contributed by atoms with van der Waals surface area (Å²) in [7, 11) is 1.80. The van der Waals surface area contributed by atoms with Crippen LogP contribution in [0.1, 0.15) is 19.2 Å². The number of nitrogens with two attached hydrogens (primary N) is 1. The molecule has 0 aliphatic carbocycles. The average Bonchev–Trinajstić information content (AvgIpc) is 2.47. The highest BCUT2D eigenvalue weighted by Gasteiger charge is 1.94. The molecule has 2 N–H and O–H groups in total. The van der Waals surface area contributed by atoms with Crippen molar-refractivity contribution in [2.75, 3.05) is 0 Å². The fraction of sp³-hybridized carbons (Fsp3) is 0.500. The molecule has 0 radical (unpaired) electrons. The Labute approximate surface area is 71.8 Å². The molecule has 4 heteroatoms. The molecule has 0 aliphatic heterocycles. The summed E-state index contributed by atoms with van der Waals surface area (Å²) in [6.45, 7) is 2.00. The van der Waals surface area contributed by atoms with Crippen molar-refractivity contribution in [1.82, 2.24) is 14.8 Å². The summed E-state index contributed by atoms with van der Waals surface area (Å²) in [6.07, 6.45) is 2.33. The normalized spacial score (nSPS) is 11.9. The van der Waals surface area contributed by atoms with E-state index in [4.69, 9.17) is 5.73 Å². The van der Waals surface area contributed by atoms with Crippen molar-refractivity contribution in [3.8, 4) is 11.8 Å². The topological polar surface area (TPSA) is 56.7 Å². The predicted molar refractivity (Wildman–Crippen MR) is 46.1 cm³/mol. The Balaban J connectivity index is 2.72. The molecular weight excluding hydrogens is 152 g/mol. The number of nitrogens with zero attached hydrogens (tertiary/aromatic N) is 3. The van der Waals surface area contributed by atoms with Crippen molar-refractivity contribution < 1.29 is 0 Å². The van der Waals surface area contributed by atoms with E-state index in [1.807, 2.05) is 6.92 Å². The van der Waals surface area contributed by atoms with Gasteiger partial charge >= 0.3 is 0 Å². The second-order valence-corrected chi connectivity index (χ2v) is 2.49. The van der Waals surface area contributed by atoms with Gasteiger partial charge in [0.2, 0.25) is 5.82 Å². The van der Waals surface area contributed by atoms with Gasteiger partial charge in [0, 0.05) is 7.05 Å². The van der Waals surface area contributed by atoms with Gasteiger partial charge in [-0.25, -0.2) is 9.67 Å². The SMILES string of the molecule is CCC(N)C#Cc1ncnn1C. The number of aryl methyl sites for hydroxylation is 1. The Kier molecular flexibility index (Phi) is 2.83. The van der Waals surface area contributed by atoms with Gasteiger partial charge < -0.3 is 5.73 Å². The molecule has 0 amide bonds. The Morgan fingerprint density at radius 3 is 3.00 bits per heavy atom. The van der Waals surface area contributed by atoms with Gasteiger partial charge in [-0.15, -0.1) is 0 Å². The van der Waals surface area contributed by atoms with Crippen LogP contribution in [0.4, 0.5) is 0 Å². The quantitative estimate of drug-likeness (QED) is 0.590. The first kappa shape index (κ1) is 8.75. The van der Waals surface area contributed by atoms with E-state index in [-0.39, 0.29) is 6.04 Å². The van der Waals surface area contributed by atoms with E-state index in [9.17, 15) is 0 Å². The molecule has 12 heavy (non-hydrogen) atoms. The standard InChI is InChI=1S/C8H12N4/c1-3-7(9)4-5-8-10-6-11-12(8)2/h6-7H,3,9H2,1-2H3. The highest BCUT2D eigenvalue weighted by atomic mass is 15.3. The second kappa shape index (κ2) is 3.88. The number of aromatic nitrogens is 3. The summed E-state index contributed by atoms with van der Waals surface area (Å²) in [5.74, 6) is 6.39. The van der Waals surface area contributed by atoms with Crippen molar-refractivity contribution in [3.05, 3.63) is 12.2 Å². The lowest BCUT2D eigenvalue weighted by molar-refractivity contribution is 0.752. The third-order valence-electron chi connectivity index (χ3n) is 1.52. The highest BCUT2D eigenvalue weighted by molar-refractivity contribution is 5.22. The number of rotatable bonds is 1. The van der Waals surface area contributed by atoms with Crippen LogP contribution in [0.3, 0.4) is 0 Å². The first-order valence-corrected chi connectivity index (χ1v) is 3.85. The van der Waals surface area contributed by atoms with Gasteiger partial charge in [-0.3, -0.25) is 0 Å². The largest absolute Gasteiger partial charge is 0.318 e.